The first-order valence-electron chi connectivity index (χ1n) is 16.3. The van der Waals surface area contributed by atoms with Crippen LogP contribution in [0.25, 0.3) is 11.1 Å². The van der Waals surface area contributed by atoms with Gasteiger partial charge >= 0.3 is 0 Å². The van der Waals surface area contributed by atoms with E-state index in [4.69, 9.17) is 0 Å². The fourth-order valence-corrected chi connectivity index (χ4v) is 4.88. The summed E-state index contributed by atoms with van der Waals surface area (Å²) < 4.78 is 0. The molecule has 40 heavy (non-hydrogen) atoms. The van der Waals surface area contributed by atoms with Crippen LogP contribution in [0.2, 0.25) is 0 Å². The Balaban J connectivity index is 0.000000358. The maximum atomic E-state index is 4.07. The van der Waals surface area contributed by atoms with Crippen molar-refractivity contribution in [3.63, 3.8) is 0 Å². The predicted octanol–water partition coefficient (Wildman–Crippen LogP) is 11.5. The summed E-state index contributed by atoms with van der Waals surface area (Å²) in [6.45, 7) is 20.4. The minimum Gasteiger partial charge on any atom is -0.295 e. The maximum Gasteiger partial charge on any atom is 0.0240 e. The van der Waals surface area contributed by atoms with Crippen LogP contribution in [0.4, 0.5) is 0 Å². The van der Waals surface area contributed by atoms with Gasteiger partial charge in [0.05, 0.1) is 0 Å². The molecule has 0 bridgehead atoms. The lowest BCUT2D eigenvalue weighted by Crippen LogP contribution is -2.31. The SMILES string of the molecule is C=C(C)CN1CCc2cc(-c3ccccc3CC3=CCCC=C3)ccc2C1.CC1CCC1.CCCC.CCCC. The van der Waals surface area contributed by atoms with Gasteiger partial charge in [-0.15, -0.1) is 0 Å². The highest BCUT2D eigenvalue weighted by Crippen LogP contribution is 2.30. The van der Waals surface area contributed by atoms with Gasteiger partial charge in [-0.1, -0.05) is 152 Å². The number of allylic oxidation sites excluding steroid dienone is 4. The summed E-state index contributed by atoms with van der Waals surface area (Å²) in [4.78, 5) is 2.50. The number of fused-ring (bicyclic) bond motifs is 1. The van der Waals surface area contributed by atoms with E-state index in [2.05, 4.69) is 114 Å². The summed E-state index contributed by atoms with van der Waals surface area (Å²) in [6.07, 6.45) is 21.2. The molecule has 0 radical (unpaired) electrons. The first-order chi connectivity index (χ1) is 19.4. The van der Waals surface area contributed by atoms with Crippen molar-refractivity contribution in [2.75, 3.05) is 13.1 Å². The zero-order valence-corrected chi connectivity index (χ0v) is 26.9. The molecule has 1 heteroatoms. The lowest BCUT2D eigenvalue weighted by Gasteiger charge is -2.29. The summed E-state index contributed by atoms with van der Waals surface area (Å²) in [5.74, 6) is 1.06. The molecule has 2 aromatic rings. The van der Waals surface area contributed by atoms with Crippen LogP contribution >= 0.6 is 0 Å². The third-order valence-corrected chi connectivity index (χ3v) is 7.98. The van der Waals surface area contributed by atoms with E-state index in [0.29, 0.717) is 0 Å². The van der Waals surface area contributed by atoms with Crippen molar-refractivity contribution in [2.45, 2.75) is 119 Å². The summed E-state index contributed by atoms with van der Waals surface area (Å²) in [6, 6.07) is 16.0. The number of nitrogens with zero attached hydrogens (tertiary/aromatic N) is 1. The van der Waals surface area contributed by atoms with E-state index < -0.39 is 0 Å². The molecule has 0 spiro atoms. The van der Waals surface area contributed by atoms with Crippen molar-refractivity contribution < 1.29 is 0 Å². The second-order valence-electron chi connectivity index (χ2n) is 12.0. The number of rotatable bonds is 7. The molecule has 5 rings (SSSR count). The molecular weight excluding hydrogens is 482 g/mol. The largest absolute Gasteiger partial charge is 0.295 e. The lowest BCUT2D eigenvalue weighted by molar-refractivity contribution is 0.276. The van der Waals surface area contributed by atoms with Crippen molar-refractivity contribution >= 4 is 0 Å². The molecule has 2 aromatic carbocycles. The summed E-state index contributed by atoms with van der Waals surface area (Å²) in [5.41, 5.74) is 9.84. The number of unbranched alkanes of at least 4 members (excludes halogenated alkanes) is 2. The Hall–Kier alpha value is -2.38. The van der Waals surface area contributed by atoms with Crippen LogP contribution in [0, 0.1) is 5.92 Å². The number of benzene rings is 2. The molecule has 1 fully saturated rings. The molecule has 0 saturated heterocycles. The van der Waals surface area contributed by atoms with E-state index in [1.165, 1.54) is 96.8 Å². The monoisotopic (exact) mass is 541 g/mol. The zero-order valence-electron chi connectivity index (χ0n) is 26.9. The van der Waals surface area contributed by atoms with Crippen LogP contribution in [0.15, 0.2) is 78.4 Å². The van der Waals surface area contributed by atoms with Crippen molar-refractivity contribution in [2.24, 2.45) is 5.92 Å². The Morgan fingerprint density at radius 3 is 2.12 bits per heavy atom. The summed E-state index contributed by atoms with van der Waals surface area (Å²) >= 11 is 0. The molecule has 1 aliphatic heterocycles. The van der Waals surface area contributed by atoms with Crippen molar-refractivity contribution in [1.82, 2.24) is 4.90 Å². The Morgan fingerprint density at radius 2 is 1.57 bits per heavy atom. The topological polar surface area (TPSA) is 3.24 Å². The Labute approximate surface area is 248 Å². The van der Waals surface area contributed by atoms with Gasteiger partial charge in [-0.25, -0.2) is 0 Å². The maximum absolute atomic E-state index is 4.07. The molecule has 3 aliphatic rings. The molecule has 220 valence electrons. The molecular formula is C39H59N. The fourth-order valence-electron chi connectivity index (χ4n) is 4.88. The number of hydrogen-bond acceptors (Lipinski definition) is 1. The van der Waals surface area contributed by atoms with Gasteiger partial charge in [0.2, 0.25) is 0 Å². The second-order valence-corrected chi connectivity index (χ2v) is 12.0. The molecule has 0 amide bonds. The summed E-state index contributed by atoms with van der Waals surface area (Å²) in [7, 11) is 0. The standard InChI is InChI=1S/C26H29N.C5H10.2C4H10/c1-20(2)18-27-15-14-22-17-24(12-13-25(22)19-27)26-11-7-6-10-23(26)16-21-8-4-3-5-9-21;1-5-3-2-4-5;2*1-3-4-2/h4,6-13,17H,1,3,5,14-16,18-19H2,2H3;5H,2-4H2,1H3;2*3-4H2,1-2H3. The van der Waals surface area contributed by atoms with E-state index >= 15 is 0 Å². The molecule has 0 atom stereocenters. The molecule has 1 saturated carbocycles. The fraction of sp³-hybridized carbons (Fsp3) is 0.538. The van der Waals surface area contributed by atoms with Gasteiger partial charge in [-0.05, 0) is 71.9 Å². The van der Waals surface area contributed by atoms with Crippen LogP contribution < -0.4 is 0 Å². The first-order valence-corrected chi connectivity index (χ1v) is 16.3. The van der Waals surface area contributed by atoms with Gasteiger partial charge in [0, 0.05) is 19.6 Å². The lowest BCUT2D eigenvalue weighted by atomic mass is 9.88. The van der Waals surface area contributed by atoms with Gasteiger partial charge in [0.1, 0.15) is 0 Å². The van der Waals surface area contributed by atoms with Gasteiger partial charge in [0.15, 0.2) is 0 Å². The molecule has 1 heterocycles. The molecule has 0 aromatic heterocycles. The quantitative estimate of drug-likeness (QED) is 0.315. The normalized spacial score (nSPS) is 16.0. The van der Waals surface area contributed by atoms with Crippen LogP contribution in [0.1, 0.15) is 116 Å². The van der Waals surface area contributed by atoms with Crippen LogP contribution in [0.3, 0.4) is 0 Å². The average Bonchev–Trinajstić information content (AvgIpc) is 2.97. The minimum atomic E-state index is 1.01. The molecule has 1 nitrogen and oxygen atoms in total. The van der Waals surface area contributed by atoms with E-state index in [-0.39, 0.29) is 0 Å². The van der Waals surface area contributed by atoms with E-state index in [9.17, 15) is 0 Å². The number of hydrogen-bond donors (Lipinski definition) is 0. The highest BCUT2D eigenvalue weighted by molar-refractivity contribution is 5.69. The highest BCUT2D eigenvalue weighted by Gasteiger charge is 2.17. The Bertz CT molecular complexity index is 1040. The first kappa shape index (κ1) is 33.8. The molecule has 0 N–H and O–H groups in total. The third-order valence-electron chi connectivity index (χ3n) is 7.98. The van der Waals surface area contributed by atoms with Crippen LogP contribution in [0.5, 0.6) is 0 Å². The van der Waals surface area contributed by atoms with Crippen LogP contribution in [-0.2, 0) is 19.4 Å². The highest BCUT2D eigenvalue weighted by atomic mass is 15.1. The van der Waals surface area contributed by atoms with E-state index in [1.807, 2.05) is 0 Å². The van der Waals surface area contributed by atoms with Gasteiger partial charge in [-0.2, -0.15) is 0 Å². The van der Waals surface area contributed by atoms with Crippen LogP contribution in [-0.4, -0.2) is 18.0 Å². The smallest absolute Gasteiger partial charge is 0.0240 e. The van der Waals surface area contributed by atoms with E-state index in [1.54, 1.807) is 0 Å². The average molecular weight is 542 g/mol. The summed E-state index contributed by atoms with van der Waals surface area (Å²) in [5, 5.41) is 0. The van der Waals surface area contributed by atoms with Gasteiger partial charge in [0.25, 0.3) is 0 Å². The minimum absolute atomic E-state index is 1.01. The molecule has 0 unspecified atom stereocenters. The van der Waals surface area contributed by atoms with Crippen molar-refractivity contribution in [1.29, 1.82) is 0 Å². The second kappa shape index (κ2) is 19.7. The Morgan fingerprint density at radius 1 is 0.900 bits per heavy atom. The third kappa shape index (κ3) is 12.4. The Kier molecular flexibility index (Phi) is 16.6. The van der Waals surface area contributed by atoms with Crippen molar-refractivity contribution in [3.8, 4) is 11.1 Å². The van der Waals surface area contributed by atoms with E-state index in [0.717, 1.165) is 38.4 Å². The van der Waals surface area contributed by atoms with Crippen molar-refractivity contribution in [3.05, 3.63) is 95.1 Å². The zero-order chi connectivity index (χ0) is 29.2. The van der Waals surface area contributed by atoms with Gasteiger partial charge < -0.3 is 0 Å². The molecule has 2 aliphatic carbocycles. The predicted molar refractivity (Wildman–Crippen MR) is 180 cm³/mol. The van der Waals surface area contributed by atoms with Gasteiger partial charge in [-0.3, -0.25) is 4.90 Å².